The van der Waals surface area contributed by atoms with Crippen molar-refractivity contribution in [2.45, 2.75) is 20.3 Å². The van der Waals surface area contributed by atoms with Gasteiger partial charge in [-0.25, -0.2) is 8.42 Å². The molecule has 0 atom stereocenters. The molecule has 128 valence electrons. The van der Waals surface area contributed by atoms with Crippen molar-refractivity contribution in [1.29, 1.82) is 0 Å². The summed E-state index contributed by atoms with van der Waals surface area (Å²) in [7, 11) is -3.32. The fraction of sp³-hybridized carbons (Fsp3) is 0.278. The van der Waals surface area contributed by atoms with Crippen LogP contribution in [0.5, 0.6) is 0 Å². The van der Waals surface area contributed by atoms with Crippen LogP contribution in [0.25, 0.3) is 0 Å². The number of sulfonamides is 1. The third kappa shape index (κ3) is 4.35. The highest BCUT2D eigenvalue weighted by Crippen LogP contribution is 2.19. The van der Waals surface area contributed by atoms with E-state index in [1.807, 2.05) is 24.3 Å². The van der Waals surface area contributed by atoms with Crippen LogP contribution in [0.15, 0.2) is 48.5 Å². The molecule has 0 radical (unpaired) electrons. The minimum absolute atomic E-state index is 0.229. The summed E-state index contributed by atoms with van der Waals surface area (Å²) in [5.74, 6) is -0.229. The number of rotatable bonds is 6. The molecule has 1 amide bonds. The Morgan fingerprint density at radius 3 is 2.04 bits per heavy atom. The summed E-state index contributed by atoms with van der Waals surface area (Å²) < 4.78 is 24.7. The zero-order valence-electron chi connectivity index (χ0n) is 14.1. The summed E-state index contributed by atoms with van der Waals surface area (Å²) in [5.41, 5.74) is 2.96. The number of carbonyl (C=O) groups excluding carboxylic acids is 1. The summed E-state index contributed by atoms with van der Waals surface area (Å²) in [6.45, 7) is 4.18. The molecule has 0 bridgehead atoms. The fourth-order valence-electron chi connectivity index (χ4n) is 2.41. The van der Waals surface area contributed by atoms with E-state index in [1.165, 1.54) is 9.87 Å². The van der Waals surface area contributed by atoms with E-state index in [9.17, 15) is 13.2 Å². The molecule has 6 heteroatoms. The zero-order chi connectivity index (χ0) is 17.7. The molecule has 0 aliphatic rings. The topological polar surface area (TPSA) is 66.5 Å². The molecule has 2 aromatic carbocycles. The third-order valence-electron chi connectivity index (χ3n) is 3.73. The second-order valence-electron chi connectivity index (χ2n) is 5.48. The minimum atomic E-state index is -3.32. The van der Waals surface area contributed by atoms with Crippen molar-refractivity contribution in [3.8, 4) is 0 Å². The number of hydrogen-bond donors (Lipinski definition) is 1. The van der Waals surface area contributed by atoms with Gasteiger partial charge in [0.15, 0.2) is 0 Å². The van der Waals surface area contributed by atoms with Crippen molar-refractivity contribution in [3.05, 3.63) is 59.7 Å². The van der Waals surface area contributed by atoms with Gasteiger partial charge in [0.05, 0.1) is 11.9 Å². The van der Waals surface area contributed by atoms with Gasteiger partial charge < -0.3 is 5.32 Å². The van der Waals surface area contributed by atoms with Crippen LogP contribution in [0.2, 0.25) is 0 Å². The first kappa shape index (κ1) is 18.0. The van der Waals surface area contributed by atoms with Gasteiger partial charge in [-0.1, -0.05) is 19.1 Å². The summed E-state index contributed by atoms with van der Waals surface area (Å²) in [4.78, 5) is 12.3. The monoisotopic (exact) mass is 346 g/mol. The number of nitrogens with zero attached hydrogens (tertiary/aromatic N) is 1. The van der Waals surface area contributed by atoms with Gasteiger partial charge in [-0.3, -0.25) is 9.10 Å². The lowest BCUT2D eigenvalue weighted by Crippen LogP contribution is -2.29. The zero-order valence-corrected chi connectivity index (χ0v) is 14.9. The molecule has 0 spiro atoms. The minimum Gasteiger partial charge on any atom is -0.322 e. The first-order valence-electron chi connectivity index (χ1n) is 7.83. The number of carbonyl (C=O) groups is 1. The first-order valence-corrected chi connectivity index (χ1v) is 9.68. The van der Waals surface area contributed by atoms with Crippen LogP contribution in [0.3, 0.4) is 0 Å². The Labute approximate surface area is 143 Å². The number of anilines is 2. The first-order chi connectivity index (χ1) is 11.3. The van der Waals surface area contributed by atoms with Crippen molar-refractivity contribution in [2.75, 3.05) is 22.4 Å². The van der Waals surface area contributed by atoms with Crippen molar-refractivity contribution in [1.82, 2.24) is 0 Å². The summed E-state index contributed by atoms with van der Waals surface area (Å²) in [6.07, 6.45) is 2.11. The van der Waals surface area contributed by atoms with Crippen LogP contribution in [-0.2, 0) is 16.4 Å². The van der Waals surface area contributed by atoms with Crippen molar-refractivity contribution in [3.63, 3.8) is 0 Å². The molecule has 0 unspecified atom stereocenters. The van der Waals surface area contributed by atoms with Gasteiger partial charge in [0, 0.05) is 17.8 Å². The number of benzene rings is 2. The second kappa shape index (κ2) is 7.49. The SMILES string of the molecule is CCc1ccc(NC(=O)c2ccc(N(CC)S(C)(=O)=O)cc2)cc1. The van der Waals surface area contributed by atoms with Crippen molar-refractivity contribution >= 4 is 27.3 Å². The van der Waals surface area contributed by atoms with Gasteiger partial charge in [0.2, 0.25) is 10.0 Å². The summed E-state index contributed by atoms with van der Waals surface area (Å²) >= 11 is 0. The van der Waals surface area contributed by atoms with Crippen LogP contribution in [0.1, 0.15) is 29.8 Å². The van der Waals surface area contributed by atoms with E-state index in [0.717, 1.165) is 18.4 Å². The molecule has 0 aliphatic heterocycles. The molecule has 0 saturated heterocycles. The van der Waals surface area contributed by atoms with Crippen LogP contribution >= 0.6 is 0 Å². The Kier molecular flexibility index (Phi) is 5.62. The fourth-order valence-corrected chi connectivity index (χ4v) is 3.39. The Balaban J connectivity index is 2.13. The number of amides is 1. The molecular formula is C18H22N2O3S. The van der Waals surface area contributed by atoms with E-state index in [0.29, 0.717) is 17.8 Å². The van der Waals surface area contributed by atoms with Gasteiger partial charge in [-0.2, -0.15) is 0 Å². The summed E-state index contributed by atoms with van der Waals surface area (Å²) in [6, 6.07) is 14.2. The van der Waals surface area contributed by atoms with E-state index in [-0.39, 0.29) is 5.91 Å². The van der Waals surface area contributed by atoms with Crippen molar-refractivity contribution < 1.29 is 13.2 Å². The molecule has 0 aromatic heterocycles. The highest BCUT2D eigenvalue weighted by Gasteiger charge is 2.15. The van der Waals surface area contributed by atoms with Gasteiger partial charge in [0.25, 0.3) is 5.91 Å². The van der Waals surface area contributed by atoms with Gasteiger partial charge in [-0.15, -0.1) is 0 Å². The molecule has 0 saturated carbocycles. The normalized spacial score (nSPS) is 11.1. The van der Waals surface area contributed by atoms with Crippen LogP contribution in [0, 0.1) is 0 Å². The Morgan fingerprint density at radius 2 is 1.58 bits per heavy atom. The lowest BCUT2D eigenvalue weighted by molar-refractivity contribution is 0.102. The van der Waals surface area contributed by atoms with Crippen LogP contribution < -0.4 is 9.62 Å². The Hall–Kier alpha value is -2.34. The highest BCUT2D eigenvalue weighted by atomic mass is 32.2. The number of hydrogen-bond acceptors (Lipinski definition) is 3. The Morgan fingerprint density at radius 1 is 1.00 bits per heavy atom. The molecule has 2 rings (SSSR count). The molecule has 0 fully saturated rings. The quantitative estimate of drug-likeness (QED) is 0.873. The molecule has 24 heavy (non-hydrogen) atoms. The molecular weight excluding hydrogens is 324 g/mol. The number of aryl methyl sites for hydroxylation is 1. The molecule has 0 heterocycles. The standard InChI is InChI=1S/C18H22N2O3S/c1-4-14-6-10-16(11-7-14)19-18(21)15-8-12-17(13-9-15)20(5-2)24(3,22)23/h6-13H,4-5H2,1-3H3,(H,19,21). The molecule has 2 aromatic rings. The lowest BCUT2D eigenvalue weighted by atomic mass is 10.1. The van der Waals surface area contributed by atoms with E-state index >= 15 is 0 Å². The van der Waals surface area contributed by atoms with Gasteiger partial charge in [0.1, 0.15) is 0 Å². The maximum Gasteiger partial charge on any atom is 0.255 e. The maximum absolute atomic E-state index is 12.3. The molecule has 5 nitrogen and oxygen atoms in total. The molecule has 1 N–H and O–H groups in total. The predicted molar refractivity (Wildman–Crippen MR) is 98.1 cm³/mol. The highest BCUT2D eigenvalue weighted by molar-refractivity contribution is 7.92. The lowest BCUT2D eigenvalue weighted by Gasteiger charge is -2.20. The van der Waals surface area contributed by atoms with E-state index in [4.69, 9.17) is 0 Å². The average Bonchev–Trinajstić information content (AvgIpc) is 2.55. The van der Waals surface area contributed by atoms with Crippen molar-refractivity contribution in [2.24, 2.45) is 0 Å². The van der Waals surface area contributed by atoms with E-state index < -0.39 is 10.0 Å². The smallest absolute Gasteiger partial charge is 0.255 e. The van der Waals surface area contributed by atoms with E-state index in [2.05, 4.69) is 12.2 Å². The van der Waals surface area contributed by atoms with Crippen LogP contribution in [0.4, 0.5) is 11.4 Å². The predicted octanol–water partition coefficient (Wildman–Crippen LogP) is 3.29. The van der Waals surface area contributed by atoms with Crippen LogP contribution in [-0.4, -0.2) is 27.1 Å². The molecule has 0 aliphatic carbocycles. The average molecular weight is 346 g/mol. The maximum atomic E-state index is 12.3. The number of nitrogens with one attached hydrogen (secondary N) is 1. The summed E-state index contributed by atoms with van der Waals surface area (Å²) in [5, 5.41) is 2.83. The Bertz CT molecular complexity index is 797. The largest absolute Gasteiger partial charge is 0.322 e. The van der Waals surface area contributed by atoms with Gasteiger partial charge >= 0.3 is 0 Å². The van der Waals surface area contributed by atoms with Gasteiger partial charge in [-0.05, 0) is 55.3 Å². The second-order valence-corrected chi connectivity index (χ2v) is 7.39. The van der Waals surface area contributed by atoms with E-state index in [1.54, 1.807) is 31.2 Å². The third-order valence-corrected chi connectivity index (χ3v) is 4.99.